The van der Waals surface area contributed by atoms with Gasteiger partial charge in [0.1, 0.15) is 11.5 Å². The highest BCUT2D eigenvalue weighted by molar-refractivity contribution is 6.46. The second kappa shape index (κ2) is 9.83. The minimum absolute atomic E-state index is 0.114. The Bertz CT molecular complexity index is 1200. The number of Topliss-reactive ketones (excluding diaryl/α,β-unsaturated/α-hetero) is 1. The summed E-state index contributed by atoms with van der Waals surface area (Å²) in [6.45, 7) is 0.336. The molecule has 1 heterocycles. The number of carbonyl (C=O) groups is 2. The minimum atomic E-state index is -0.672. The Morgan fingerprint density at radius 2 is 1.59 bits per heavy atom. The third-order valence-corrected chi connectivity index (χ3v) is 6.11. The zero-order valence-electron chi connectivity index (χ0n) is 19.6. The average molecular weight is 457 g/mol. The number of aliphatic hydroxyl groups is 1. The van der Waals surface area contributed by atoms with E-state index in [9.17, 15) is 14.7 Å². The van der Waals surface area contributed by atoms with Crippen LogP contribution in [-0.2, 0) is 16.0 Å². The second-order valence-corrected chi connectivity index (χ2v) is 8.44. The molecule has 174 valence electrons. The molecule has 1 N–H and O–H groups in total. The largest absolute Gasteiger partial charge is 0.507 e. The molecule has 0 bridgehead atoms. The van der Waals surface area contributed by atoms with Gasteiger partial charge in [-0.15, -0.1) is 0 Å². The molecule has 3 aromatic carbocycles. The first-order valence-electron chi connectivity index (χ1n) is 11.1. The van der Waals surface area contributed by atoms with Gasteiger partial charge in [0.2, 0.25) is 0 Å². The zero-order chi connectivity index (χ0) is 24.2. The third kappa shape index (κ3) is 4.53. The van der Waals surface area contributed by atoms with Crippen LogP contribution in [0.15, 0.2) is 84.4 Å². The Hall–Kier alpha value is -4.06. The molecule has 4 rings (SSSR count). The van der Waals surface area contributed by atoms with Gasteiger partial charge in [0.15, 0.2) is 0 Å². The molecule has 1 aliphatic rings. The predicted molar refractivity (Wildman–Crippen MR) is 133 cm³/mol. The van der Waals surface area contributed by atoms with Crippen LogP contribution in [0.25, 0.3) is 5.76 Å². The first kappa shape index (κ1) is 23.1. The summed E-state index contributed by atoms with van der Waals surface area (Å²) in [4.78, 5) is 29.8. The van der Waals surface area contributed by atoms with Crippen LogP contribution in [0, 0.1) is 0 Å². The van der Waals surface area contributed by atoms with Crippen LogP contribution in [0.3, 0.4) is 0 Å². The minimum Gasteiger partial charge on any atom is -0.507 e. The fourth-order valence-electron chi connectivity index (χ4n) is 4.21. The Morgan fingerprint density at radius 1 is 0.941 bits per heavy atom. The lowest BCUT2D eigenvalue weighted by molar-refractivity contribution is -0.139. The summed E-state index contributed by atoms with van der Waals surface area (Å²) in [6, 6.07) is 23.5. The third-order valence-electron chi connectivity index (χ3n) is 6.11. The standard InChI is InChI=1S/C28H28N2O4/c1-29(2)22-13-11-20(12-14-22)25-24(26(31)21-7-5-4-6-8-21)27(32)28(33)30(25)18-17-19-9-15-23(34-3)16-10-19/h4-16,25,31H,17-18H2,1-3H3/b26-24-. The van der Waals surface area contributed by atoms with Crippen LogP contribution >= 0.6 is 0 Å². The summed E-state index contributed by atoms with van der Waals surface area (Å²) < 4.78 is 5.22. The van der Waals surface area contributed by atoms with Gasteiger partial charge in [-0.05, 0) is 41.8 Å². The van der Waals surface area contributed by atoms with Crippen LogP contribution in [0.1, 0.15) is 22.7 Å². The van der Waals surface area contributed by atoms with Gasteiger partial charge in [0, 0.05) is 31.9 Å². The number of ether oxygens (including phenoxy) is 1. The van der Waals surface area contributed by atoms with Crippen molar-refractivity contribution in [3.63, 3.8) is 0 Å². The number of carbonyl (C=O) groups excluding carboxylic acids is 2. The molecular formula is C28H28N2O4. The molecule has 1 aliphatic heterocycles. The summed E-state index contributed by atoms with van der Waals surface area (Å²) in [5, 5.41) is 11.1. The smallest absolute Gasteiger partial charge is 0.295 e. The first-order chi connectivity index (χ1) is 16.4. The second-order valence-electron chi connectivity index (χ2n) is 8.44. The Kier molecular flexibility index (Phi) is 6.68. The number of benzene rings is 3. The first-order valence-corrected chi connectivity index (χ1v) is 11.1. The quantitative estimate of drug-likeness (QED) is 0.324. The van der Waals surface area contributed by atoms with E-state index in [-0.39, 0.29) is 11.3 Å². The maximum absolute atomic E-state index is 13.2. The van der Waals surface area contributed by atoms with Gasteiger partial charge in [-0.1, -0.05) is 54.6 Å². The Morgan fingerprint density at radius 3 is 2.18 bits per heavy atom. The fourth-order valence-corrected chi connectivity index (χ4v) is 4.21. The molecule has 1 saturated heterocycles. The maximum atomic E-state index is 13.2. The van der Waals surface area contributed by atoms with Gasteiger partial charge in [-0.2, -0.15) is 0 Å². The van der Waals surface area contributed by atoms with Crippen LogP contribution in [0.5, 0.6) is 5.75 Å². The molecule has 0 radical (unpaired) electrons. The van der Waals surface area contributed by atoms with E-state index in [0.717, 1.165) is 22.6 Å². The van der Waals surface area contributed by atoms with Gasteiger partial charge < -0.3 is 19.6 Å². The number of likely N-dealkylation sites (tertiary alicyclic amines) is 1. The van der Waals surface area contributed by atoms with E-state index in [1.807, 2.05) is 73.6 Å². The lowest BCUT2D eigenvalue weighted by Gasteiger charge is -2.26. The number of hydrogen-bond donors (Lipinski definition) is 1. The number of rotatable bonds is 7. The number of anilines is 1. The molecule has 6 heteroatoms. The van der Waals surface area contributed by atoms with Crippen molar-refractivity contribution in [2.45, 2.75) is 12.5 Å². The number of nitrogens with zero attached hydrogens (tertiary/aromatic N) is 2. The van der Waals surface area contributed by atoms with Crippen molar-refractivity contribution in [2.24, 2.45) is 0 Å². The van der Waals surface area contributed by atoms with Crippen molar-refractivity contribution in [3.05, 3.63) is 101 Å². The van der Waals surface area contributed by atoms with Crippen LogP contribution in [0.4, 0.5) is 5.69 Å². The molecule has 1 unspecified atom stereocenters. The summed E-state index contributed by atoms with van der Waals surface area (Å²) in [5.74, 6) is -0.675. The summed E-state index contributed by atoms with van der Waals surface area (Å²) in [5.41, 5.74) is 3.42. The van der Waals surface area contributed by atoms with E-state index in [0.29, 0.717) is 18.5 Å². The zero-order valence-corrected chi connectivity index (χ0v) is 19.6. The van der Waals surface area contributed by atoms with Gasteiger partial charge in [0.05, 0.1) is 18.7 Å². The fraction of sp³-hybridized carbons (Fsp3) is 0.214. The number of ketones is 1. The molecule has 1 amide bonds. The normalized spacial score (nSPS) is 17.1. The summed E-state index contributed by atoms with van der Waals surface area (Å²) in [7, 11) is 5.51. The van der Waals surface area contributed by atoms with Gasteiger partial charge >= 0.3 is 0 Å². The number of methoxy groups -OCH3 is 1. The number of hydrogen-bond acceptors (Lipinski definition) is 5. The molecule has 0 aliphatic carbocycles. The molecule has 3 aromatic rings. The van der Waals surface area contributed by atoms with Crippen molar-refractivity contribution in [2.75, 3.05) is 32.6 Å². The Balaban J connectivity index is 1.73. The molecule has 0 saturated carbocycles. The van der Waals surface area contributed by atoms with Crippen LogP contribution in [0.2, 0.25) is 0 Å². The van der Waals surface area contributed by atoms with Crippen molar-refractivity contribution < 1.29 is 19.4 Å². The highest BCUT2D eigenvalue weighted by Gasteiger charge is 2.45. The molecular weight excluding hydrogens is 428 g/mol. The monoisotopic (exact) mass is 456 g/mol. The van der Waals surface area contributed by atoms with Crippen molar-refractivity contribution in [1.82, 2.24) is 4.90 Å². The van der Waals surface area contributed by atoms with Gasteiger partial charge in [0.25, 0.3) is 11.7 Å². The number of aliphatic hydroxyl groups excluding tert-OH is 1. The predicted octanol–water partition coefficient (Wildman–Crippen LogP) is 4.43. The molecule has 34 heavy (non-hydrogen) atoms. The van der Waals surface area contributed by atoms with Crippen molar-refractivity contribution in [3.8, 4) is 5.75 Å². The van der Waals surface area contributed by atoms with E-state index >= 15 is 0 Å². The van der Waals surface area contributed by atoms with Crippen LogP contribution < -0.4 is 9.64 Å². The van der Waals surface area contributed by atoms with Gasteiger partial charge in [-0.3, -0.25) is 9.59 Å². The van der Waals surface area contributed by atoms with Gasteiger partial charge in [-0.25, -0.2) is 0 Å². The highest BCUT2D eigenvalue weighted by Crippen LogP contribution is 2.39. The number of amides is 1. The van der Waals surface area contributed by atoms with E-state index < -0.39 is 17.7 Å². The van der Waals surface area contributed by atoms with Crippen molar-refractivity contribution >= 4 is 23.1 Å². The van der Waals surface area contributed by atoms with E-state index in [1.54, 1.807) is 36.3 Å². The highest BCUT2D eigenvalue weighted by atomic mass is 16.5. The molecule has 0 spiro atoms. The molecule has 1 fully saturated rings. The lowest BCUT2D eigenvalue weighted by atomic mass is 9.95. The Labute approximate surface area is 199 Å². The lowest BCUT2D eigenvalue weighted by Crippen LogP contribution is -2.31. The van der Waals surface area contributed by atoms with E-state index in [1.165, 1.54) is 0 Å². The average Bonchev–Trinajstić information content (AvgIpc) is 3.12. The molecule has 1 atom stereocenters. The SMILES string of the molecule is COc1ccc(CCN2C(=O)C(=O)/C(=C(\O)c3ccccc3)C2c2ccc(N(C)C)cc2)cc1. The van der Waals surface area contributed by atoms with E-state index in [4.69, 9.17) is 4.74 Å². The maximum Gasteiger partial charge on any atom is 0.295 e. The molecule has 0 aromatic heterocycles. The topological polar surface area (TPSA) is 70.1 Å². The van der Waals surface area contributed by atoms with Crippen LogP contribution in [-0.4, -0.2) is 49.4 Å². The van der Waals surface area contributed by atoms with E-state index in [2.05, 4.69) is 0 Å². The van der Waals surface area contributed by atoms with Crippen molar-refractivity contribution in [1.29, 1.82) is 0 Å². The summed E-state index contributed by atoms with van der Waals surface area (Å²) >= 11 is 0. The summed E-state index contributed by atoms with van der Waals surface area (Å²) in [6.07, 6.45) is 0.564. The molecule has 6 nitrogen and oxygen atoms in total.